The molecule has 0 aliphatic heterocycles. The van der Waals surface area contributed by atoms with Crippen LogP contribution >= 0.6 is 15.9 Å². The lowest BCUT2D eigenvalue weighted by molar-refractivity contribution is 0.172. The molecule has 0 fully saturated rings. The van der Waals surface area contributed by atoms with Gasteiger partial charge in [-0.15, -0.1) is 4.91 Å². The molecule has 1 rings (SSSR count). The van der Waals surface area contributed by atoms with Gasteiger partial charge in [-0.2, -0.15) is 0 Å². The van der Waals surface area contributed by atoms with Gasteiger partial charge in [0.15, 0.2) is 0 Å². The summed E-state index contributed by atoms with van der Waals surface area (Å²) in [6.07, 6.45) is 11.2. The normalized spacial score (nSPS) is 19.0. The number of halogens is 1. The quantitative estimate of drug-likeness (QED) is 0.230. The van der Waals surface area contributed by atoms with Crippen LogP contribution in [0.15, 0.2) is 64.7 Å². The highest BCUT2D eigenvalue weighted by molar-refractivity contribution is 9.09. The fourth-order valence-corrected chi connectivity index (χ4v) is 2.74. The zero-order valence-corrected chi connectivity index (χ0v) is 15.3. The highest BCUT2D eigenvalue weighted by Crippen LogP contribution is 2.28. The van der Waals surface area contributed by atoms with E-state index in [0.717, 1.165) is 29.3 Å². The fourth-order valence-electron chi connectivity index (χ4n) is 2.28. The zero-order chi connectivity index (χ0) is 17.1. The lowest BCUT2D eigenvalue weighted by atomic mass is 9.91. The summed E-state index contributed by atoms with van der Waals surface area (Å²) in [6, 6.07) is 0. The minimum absolute atomic E-state index is 0.0221. The van der Waals surface area contributed by atoms with Crippen LogP contribution in [0.2, 0.25) is 0 Å². The van der Waals surface area contributed by atoms with E-state index in [0.29, 0.717) is 24.7 Å². The summed E-state index contributed by atoms with van der Waals surface area (Å²) < 4.78 is 10.6. The second-order valence-electron chi connectivity index (χ2n) is 5.05. The Kier molecular flexibility index (Phi) is 9.48. The van der Waals surface area contributed by atoms with E-state index >= 15 is 0 Å². The Hall–Kier alpha value is -1.46. The van der Waals surface area contributed by atoms with Gasteiger partial charge in [-0.05, 0) is 54.3 Å². The molecule has 0 radical (unpaired) electrons. The average Bonchev–Trinajstić information content (AvgIpc) is 2.58. The van der Waals surface area contributed by atoms with E-state index < -0.39 is 0 Å². The van der Waals surface area contributed by atoms with E-state index in [2.05, 4.69) is 39.8 Å². The number of nitrogens with zero attached hydrogens (tertiary/aromatic N) is 1. The van der Waals surface area contributed by atoms with E-state index in [-0.39, 0.29) is 5.92 Å². The van der Waals surface area contributed by atoms with Gasteiger partial charge in [0.1, 0.15) is 5.76 Å². The van der Waals surface area contributed by atoms with Crippen molar-refractivity contribution >= 4 is 15.9 Å². The van der Waals surface area contributed by atoms with Crippen LogP contribution in [-0.4, -0.2) is 25.7 Å². The molecule has 0 aromatic carbocycles. The third kappa shape index (κ3) is 6.67. The van der Waals surface area contributed by atoms with Gasteiger partial charge < -0.3 is 9.47 Å². The maximum Gasteiger partial charge on any atom is 0.118 e. The van der Waals surface area contributed by atoms with Crippen LogP contribution in [0.25, 0.3) is 0 Å². The first-order valence-corrected chi connectivity index (χ1v) is 8.77. The van der Waals surface area contributed by atoms with Crippen molar-refractivity contribution in [3.05, 3.63) is 64.5 Å². The van der Waals surface area contributed by atoms with E-state index in [4.69, 9.17) is 9.47 Å². The monoisotopic (exact) mass is 381 g/mol. The van der Waals surface area contributed by atoms with Crippen molar-refractivity contribution in [3.8, 4) is 0 Å². The molecule has 0 aromatic rings. The molecule has 0 saturated heterocycles. The lowest BCUT2D eigenvalue weighted by Gasteiger charge is -2.17. The summed E-state index contributed by atoms with van der Waals surface area (Å²) in [5, 5.41) is 4.03. The van der Waals surface area contributed by atoms with Crippen LogP contribution in [0.1, 0.15) is 19.8 Å². The minimum Gasteiger partial charge on any atom is -0.497 e. The third-order valence-corrected chi connectivity index (χ3v) is 3.88. The number of ether oxygens (including phenoxy) is 2. The molecule has 5 heteroatoms. The number of methoxy groups -OCH3 is 1. The van der Waals surface area contributed by atoms with Crippen LogP contribution in [-0.2, 0) is 9.47 Å². The predicted octanol–water partition coefficient (Wildman–Crippen LogP) is 5.05. The molecule has 0 heterocycles. The van der Waals surface area contributed by atoms with Gasteiger partial charge in [-0.3, -0.25) is 0 Å². The van der Waals surface area contributed by atoms with E-state index in [1.165, 1.54) is 0 Å². The maximum absolute atomic E-state index is 11.2. The predicted molar refractivity (Wildman–Crippen MR) is 98.3 cm³/mol. The number of nitroso groups, excluding NO2 is 1. The Balaban J connectivity index is 2.97. The van der Waals surface area contributed by atoms with Crippen molar-refractivity contribution in [3.63, 3.8) is 0 Å². The number of rotatable bonds is 10. The number of hydrogen-bond acceptors (Lipinski definition) is 4. The molecule has 1 unspecified atom stereocenters. The summed E-state index contributed by atoms with van der Waals surface area (Å²) in [4.78, 5) is 11.2. The summed E-state index contributed by atoms with van der Waals surface area (Å²) in [7, 11) is 1.61. The molecule has 0 aromatic heterocycles. The van der Waals surface area contributed by atoms with Crippen molar-refractivity contribution in [1.29, 1.82) is 0 Å². The van der Waals surface area contributed by atoms with Gasteiger partial charge >= 0.3 is 0 Å². The molecule has 1 aliphatic rings. The highest BCUT2D eigenvalue weighted by atomic mass is 79.9. The van der Waals surface area contributed by atoms with Crippen LogP contribution in [0, 0.1) is 10.8 Å². The van der Waals surface area contributed by atoms with Crippen molar-refractivity contribution < 1.29 is 9.47 Å². The molecule has 0 saturated carbocycles. The number of hydrogen-bond donors (Lipinski definition) is 0. The topological polar surface area (TPSA) is 47.9 Å². The Morgan fingerprint density at radius 1 is 1.57 bits per heavy atom. The molecule has 1 aliphatic carbocycles. The molecule has 4 nitrogen and oxygen atoms in total. The smallest absolute Gasteiger partial charge is 0.118 e. The molecule has 0 spiro atoms. The van der Waals surface area contributed by atoms with Crippen LogP contribution in [0.3, 0.4) is 0 Å². The van der Waals surface area contributed by atoms with Crippen LogP contribution in [0.5, 0.6) is 0 Å². The lowest BCUT2D eigenvalue weighted by Crippen LogP contribution is -2.08. The van der Waals surface area contributed by atoms with Crippen LogP contribution in [0.4, 0.5) is 0 Å². The first kappa shape index (κ1) is 19.6. The van der Waals surface area contributed by atoms with Crippen LogP contribution < -0.4 is 0 Å². The van der Waals surface area contributed by atoms with Gasteiger partial charge in [0.25, 0.3) is 0 Å². The molecule has 0 amide bonds. The summed E-state index contributed by atoms with van der Waals surface area (Å²) in [5.41, 5.74) is 2.63. The molecular weight excluding hydrogens is 358 g/mol. The van der Waals surface area contributed by atoms with Gasteiger partial charge in [-0.25, -0.2) is 0 Å². The molecular formula is C18H24BrNO3. The zero-order valence-electron chi connectivity index (χ0n) is 13.8. The van der Waals surface area contributed by atoms with Gasteiger partial charge in [0.2, 0.25) is 0 Å². The van der Waals surface area contributed by atoms with E-state index in [1.807, 2.05) is 19.1 Å². The SMILES string of the molecule is C=C/C(=C\C(=C\C1CC=C(COCC)C=C1N=O)CCBr)OC. The van der Waals surface area contributed by atoms with Crippen molar-refractivity contribution in [1.82, 2.24) is 0 Å². The molecule has 126 valence electrons. The maximum atomic E-state index is 11.2. The first-order valence-electron chi connectivity index (χ1n) is 7.64. The van der Waals surface area contributed by atoms with Crippen molar-refractivity contribution in [2.75, 3.05) is 25.7 Å². The molecule has 0 bridgehead atoms. The Morgan fingerprint density at radius 2 is 2.35 bits per heavy atom. The second kappa shape index (κ2) is 11.1. The number of allylic oxidation sites excluding steroid dienone is 5. The molecule has 23 heavy (non-hydrogen) atoms. The highest BCUT2D eigenvalue weighted by Gasteiger charge is 2.17. The molecule has 1 atom stereocenters. The van der Waals surface area contributed by atoms with Gasteiger partial charge in [-0.1, -0.05) is 34.7 Å². The Morgan fingerprint density at radius 3 is 2.91 bits per heavy atom. The van der Waals surface area contributed by atoms with Gasteiger partial charge in [0.05, 0.1) is 19.4 Å². The van der Waals surface area contributed by atoms with E-state index in [1.54, 1.807) is 13.2 Å². The average molecular weight is 382 g/mol. The largest absolute Gasteiger partial charge is 0.497 e. The first-order chi connectivity index (χ1) is 11.2. The molecule has 0 N–H and O–H groups in total. The fraction of sp³-hybridized carbons (Fsp3) is 0.444. The standard InChI is InChI=1S/C18H24BrNO3/c1-4-17(22-3)11-14(8-9-19)10-16-7-6-15(13-23-5-2)12-18(16)20-21/h4,6,10-12,16H,1,5,7-9,13H2,2-3H3/b14-10+,17-11+. The van der Waals surface area contributed by atoms with Crippen molar-refractivity contribution in [2.45, 2.75) is 19.8 Å². The second-order valence-corrected chi connectivity index (χ2v) is 5.85. The van der Waals surface area contributed by atoms with Gasteiger partial charge in [0, 0.05) is 17.9 Å². The summed E-state index contributed by atoms with van der Waals surface area (Å²) in [6.45, 7) is 6.84. The summed E-state index contributed by atoms with van der Waals surface area (Å²) >= 11 is 3.45. The Bertz CT molecular complexity index is 532. The number of alkyl halides is 1. The summed E-state index contributed by atoms with van der Waals surface area (Å²) in [5.74, 6) is 0.677. The third-order valence-electron chi connectivity index (χ3n) is 3.49. The van der Waals surface area contributed by atoms with E-state index in [9.17, 15) is 4.91 Å². The Labute approximate surface area is 146 Å². The van der Waals surface area contributed by atoms with Crippen molar-refractivity contribution in [2.24, 2.45) is 11.1 Å². The minimum atomic E-state index is -0.0221.